The van der Waals surface area contributed by atoms with Crippen LogP contribution < -0.4 is 5.73 Å². The van der Waals surface area contributed by atoms with Crippen molar-refractivity contribution in [2.75, 3.05) is 0 Å². The third-order valence-electron chi connectivity index (χ3n) is 3.02. The first-order valence-corrected chi connectivity index (χ1v) is 5.64. The summed E-state index contributed by atoms with van der Waals surface area (Å²) in [5, 5.41) is 0. The number of hydrogen-bond donors (Lipinski definition) is 1. The predicted octanol–water partition coefficient (Wildman–Crippen LogP) is 2.50. The molecule has 0 fully saturated rings. The van der Waals surface area contributed by atoms with Gasteiger partial charge < -0.3 is 10.3 Å². The van der Waals surface area contributed by atoms with Crippen LogP contribution in [0.5, 0.6) is 0 Å². The van der Waals surface area contributed by atoms with Crippen molar-refractivity contribution < 1.29 is 0 Å². The van der Waals surface area contributed by atoms with Crippen LogP contribution in [0.25, 0.3) is 11.0 Å². The first kappa shape index (κ1) is 11.1. The van der Waals surface area contributed by atoms with Gasteiger partial charge in [0.15, 0.2) is 0 Å². The highest BCUT2D eigenvalue weighted by Gasteiger charge is 2.12. The van der Waals surface area contributed by atoms with Crippen LogP contribution in [-0.2, 0) is 0 Å². The molecular formula is C12H15N3S. The van der Waals surface area contributed by atoms with Gasteiger partial charge in [-0.3, -0.25) is 0 Å². The zero-order valence-corrected chi connectivity index (χ0v) is 10.5. The molecular weight excluding hydrogens is 218 g/mol. The zero-order valence-electron chi connectivity index (χ0n) is 9.69. The van der Waals surface area contributed by atoms with Gasteiger partial charge in [-0.15, -0.1) is 0 Å². The fourth-order valence-electron chi connectivity index (χ4n) is 1.73. The van der Waals surface area contributed by atoms with E-state index in [2.05, 4.69) is 31.0 Å². The highest BCUT2D eigenvalue weighted by atomic mass is 32.1. The van der Waals surface area contributed by atoms with Crippen LogP contribution in [0.15, 0.2) is 18.5 Å². The van der Waals surface area contributed by atoms with Gasteiger partial charge in [-0.25, -0.2) is 4.98 Å². The van der Waals surface area contributed by atoms with E-state index < -0.39 is 0 Å². The average molecular weight is 233 g/mol. The summed E-state index contributed by atoms with van der Waals surface area (Å²) >= 11 is 5.02. The topological polar surface area (TPSA) is 43.8 Å². The number of imidazole rings is 1. The maximum Gasteiger partial charge on any atom is 0.0964 e. The summed E-state index contributed by atoms with van der Waals surface area (Å²) in [5.41, 5.74) is 10.3. The Labute approximate surface area is 100 Å². The second-order valence-corrected chi connectivity index (χ2v) is 4.63. The fourth-order valence-corrected chi connectivity index (χ4v) is 1.84. The van der Waals surface area contributed by atoms with Crippen molar-refractivity contribution in [2.45, 2.75) is 26.8 Å². The fraction of sp³-hybridized carbons (Fsp3) is 0.333. The van der Waals surface area contributed by atoms with Crippen LogP contribution in [0, 0.1) is 13.8 Å². The standard InChI is InChI=1S/C12H15N3S/c1-7-4-10-11(5-8(7)2)15(6-14-10)9(3)12(13)16/h4-6,9H,1-3H3,(H2,13,16)/t9-/m1/s1. The molecule has 0 aliphatic rings. The summed E-state index contributed by atoms with van der Waals surface area (Å²) in [6.07, 6.45) is 1.80. The number of hydrogen-bond acceptors (Lipinski definition) is 2. The molecule has 1 atom stereocenters. The van der Waals surface area contributed by atoms with Gasteiger partial charge in [-0.2, -0.15) is 0 Å². The molecule has 0 bridgehead atoms. The minimum atomic E-state index is 0.00195. The van der Waals surface area contributed by atoms with Gasteiger partial charge in [0, 0.05) is 0 Å². The number of aryl methyl sites for hydroxylation is 2. The maximum atomic E-state index is 5.67. The Morgan fingerprint density at radius 2 is 2.00 bits per heavy atom. The number of rotatable bonds is 2. The molecule has 3 nitrogen and oxygen atoms in total. The van der Waals surface area contributed by atoms with E-state index in [9.17, 15) is 0 Å². The summed E-state index contributed by atoms with van der Waals surface area (Å²) in [6.45, 7) is 6.17. The van der Waals surface area contributed by atoms with Crippen molar-refractivity contribution in [3.05, 3.63) is 29.6 Å². The number of fused-ring (bicyclic) bond motifs is 1. The van der Waals surface area contributed by atoms with Crippen LogP contribution >= 0.6 is 12.2 Å². The van der Waals surface area contributed by atoms with Crippen molar-refractivity contribution in [1.29, 1.82) is 0 Å². The van der Waals surface area contributed by atoms with Crippen molar-refractivity contribution >= 4 is 28.2 Å². The molecule has 1 heterocycles. The Morgan fingerprint density at radius 1 is 1.38 bits per heavy atom. The number of aromatic nitrogens is 2. The second-order valence-electron chi connectivity index (χ2n) is 4.16. The molecule has 0 saturated heterocycles. The lowest BCUT2D eigenvalue weighted by Crippen LogP contribution is -2.21. The molecule has 0 aliphatic carbocycles. The Morgan fingerprint density at radius 3 is 2.62 bits per heavy atom. The molecule has 0 saturated carbocycles. The van der Waals surface area contributed by atoms with Gasteiger partial charge in [0.25, 0.3) is 0 Å². The second kappa shape index (κ2) is 3.87. The van der Waals surface area contributed by atoms with E-state index in [0.717, 1.165) is 11.0 Å². The van der Waals surface area contributed by atoms with Crippen molar-refractivity contribution in [3.8, 4) is 0 Å². The molecule has 0 unspecified atom stereocenters. The van der Waals surface area contributed by atoms with Gasteiger partial charge in [0.1, 0.15) is 0 Å². The quantitative estimate of drug-likeness (QED) is 0.810. The Hall–Kier alpha value is -1.42. The molecule has 0 amide bonds. The monoisotopic (exact) mass is 233 g/mol. The van der Waals surface area contributed by atoms with E-state index in [1.54, 1.807) is 6.33 Å². The molecule has 2 N–H and O–H groups in total. The Bertz CT molecular complexity index is 557. The number of nitrogens with two attached hydrogens (primary N) is 1. The molecule has 4 heteroatoms. The Kier molecular flexibility index (Phi) is 2.68. The average Bonchev–Trinajstić information content (AvgIpc) is 2.60. The van der Waals surface area contributed by atoms with Crippen LogP contribution in [0.3, 0.4) is 0 Å². The number of thiocarbonyl (C=S) groups is 1. The van der Waals surface area contributed by atoms with Gasteiger partial charge in [0.05, 0.1) is 28.4 Å². The minimum Gasteiger partial charge on any atom is -0.392 e. The van der Waals surface area contributed by atoms with E-state index in [1.807, 2.05) is 11.5 Å². The van der Waals surface area contributed by atoms with E-state index in [1.165, 1.54) is 11.1 Å². The van der Waals surface area contributed by atoms with Gasteiger partial charge in [-0.1, -0.05) is 12.2 Å². The smallest absolute Gasteiger partial charge is 0.0964 e. The first-order chi connectivity index (χ1) is 7.50. The predicted molar refractivity (Wildman–Crippen MR) is 70.7 cm³/mol. The third-order valence-corrected chi connectivity index (χ3v) is 3.36. The van der Waals surface area contributed by atoms with Crippen LogP contribution in [0.2, 0.25) is 0 Å². The zero-order chi connectivity index (χ0) is 11.9. The van der Waals surface area contributed by atoms with E-state index in [-0.39, 0.29) is 6.04 Å². The van der Waals surface area contributed by atoms with E-state index in [0.29, 0.717) is 4.99 Å². The van der Waals surface area contributed by atoms with E-state index in [4.69, 9.17) is 18.0 Å². The normalized spacial score (nSPS) is 12.9. The largest absolute Gasteiger partial charge is 0.392 e. The SMILES string of the molecule is Cc1cc2ncn([C@H](C)C(N)=S)c2cc1C. The molecule has 84 valence electrons. The maximum absolute atomic E-state index is 5.67. The number of benzene rings is 1. The van der Waals surface area contributed by atoms with Gasteiger partial charge in [0.2, 0.25) is 0 Å². The summed E-state index contributed by atoms with van der Waals surface area (Å²) in [5.74, 6) is 0. The number of nitrogens with zero attached hydrogens (tertiary/aromatic N) is 2. The highest BCUT2D eigenvalue weighted by Crippen LogP contribution is 2.21. The van der Waals surface area contributed by atoms with E-state index >= 15 is 0 Å². The molecule has 2 rings (SSSR count). The summed E-state index contributed by atoms with van der Waals surface area (Å²) < 4.78 is 2.02. The highest BCUT2D eigenvalue weighted by molar-refractivity contribution is 7.80. The minimum absolute atomic E-state index is 0.00195. The van der Waals surface area contributed by atoms with Crippen LogP contribution in [0.4, 0.5) is 0 Å². The van der Waals surface area contributed by atoms with Crippen LogP contribution in [0.1, 0.15) is 24.1 Å². The summed E-state index contributed by atoms with van der Waals surface area (Å²) in [6, 6.07) is 4.22. The lowest BCUT2D eigenvalue weighted by Gasteiger charge is -2.12. The van der Waals surface area contributed by atoms with Crippen molar-refractivity contribution in [3.63, 3.8) is 0 Å². The van der Waals surface area contributed by atoms with Crippen molar-refractivity contribution in [1.82, 2.24) is 9.55 Å². The molecule has 16 heavy (non-hydrogen) atoms. The van der Waals surface area contributed by atoms with Crippen LogP contribution in [-0.4, -0.2) is 14.5 Å². The molecule has 0 radical (unpaired) electrons. The first-order valence-electron chi connectivity index (χ1n) is 5.24. The van der Waals surface area contributed by atoms with Gasteiger partial charge in [-0.05, 0) is 44.0 Å². The molecule has 1 aromatic carbocycles. The molecule has 1 aromatic heterocycles. The Balaban J connectivity index is 2.65. The van der Waals surface area contributed by atoms with Crippen molar-refractivity contribution in [2.24, 2.45) is 5.73 Å². The molecule has 2 aromatic rings. The third kappa shape index (κ3) is 1.69. The molecule has 0 aliphatic heterocycles. The summed E-state index contributed by atoms with van der Waals surface area (Å²) in [4.78, 5) is 4.86. The lowest BCUT2D eigenvalue weighted by atomic mass is 10.1. The molecule has 0 spiro atoms. The van der Waals surface area contributed by atoms with Gasteiger partial charge >= 0.3 is 0 Å². The lowest BCUT2D eigenvalue weighted by molar-refractivity contribution is 0.719. The summed E-state index contributed by atoms with van der Waals surface area (Å²) in [7, 11) is 0.